The number of imide groups is 1. The smallest absolute Gasteiger partial charge is 0.282 e. The van der Waals surface area contributed by atoms with Crippen molar-refractivity contribution in [2.45, 2.75) is 6.92 Å². The van der Waals surface area contributed by atoms with Gasteiger partial charge >= 0.3 is 0 Å². The number of nitrogens with one attached hydrogen (secondary N) is 1. The van der Waals surface area contributed by atoms with Crippen molar-refractivity contribution in [2.75, 3.05) is 29.2 Å². The van der Waals surface area contributed by atoms with Crippen LogP contribution in [-0.4, -0.2) is 25.9 Å². The van der Waals surface area contributed by atoms with Gasteiger partial charge in [-0.05, 0) is 66.6 Å². The van der Waals surface area contributed by atoms with Crippen LogP contribution in [0.3, 0.4) is 0 Å². The van der Waals surface area contributed by atoms with Gasteiger partial charge in [0.2, 0.25) is 0 Å². The molecule has 2 amide bonds. The fourth-order valence-electron chi connectivity index (χ4n) is 3.53. The maximum Gasteiger partial charge on any atom is 0.282 e. The lowest BCUT2D eigenvalue weighted by atomic mass is 10.0. The van der Waals surface area contributed by atoms with Crippen LogP contribution in [0.15, 0.2) is 78.5 Å². The molecule has 5 nitrogen and oxygen atoms in total. The Morgan fingerprint density at radius 3 is 2.16 bits per heavy atom. The van der Waals surface area contributed by atoms with Gasteiger partial charge < -0.3 is 10.2 Å². The van der Waals surface area contributed by atoms with Crippen LogP contribution in [0, 0.1) is 6.92 Å². The Kier molecular flexibility index (Phi) is 5.53. The minimum absolute atomic E-state index is 0.245. The minimum Gasteiger partial charge on any atom is -0.378 e. The van der Waals surface area contributed by atoms with Gasteiger partial charge in [-0.25, -0.2) is 4.90 Å². The summed E-state index contributed by atoms with van der Waals surface area (Å²) in [7, 11) is 3.87. The zero-order chi connectivity index (χ0) is 22.1. The molecule has 0 aromatic heterocycles. The number of nitrogens with zero attached hydrogens (tertiary/aromatic N) is 2. The van der Waals surface area contributed by atoms with Gasteiger partial charge in [-0.3, -0.25) is 9.59 Å². The van der Waals surface area contributed by atoms with Crippen LogP contribution in [0.4, 0.5) is 17.1 Å². The molecule has 0 bridgehead atoms. The van der Waals surface area contributed by atoms with Crippen LogP contribution in [0.2, 0.25) is 5.02 Å². The molecule has 0 saturated heterocycles. The molecule has 0 atom stereocenters. The van der Waals surface area contributed by atoms with E-state index < -0.39 is 5.91 Å². The van der Waals surface area contributed by atoms with Gasteiger partial charge in [-0.2, -0.15) is 0 Å². The molecule has 4 rings (SSSR count). The first-order chi connectivity index (χ1) is 14.8. The maximum atomic E-state index is 13.5. The number of halogens is 1. The van der Waals surface area contributed by atoms with Crippen molar-refractivity contribution >= 4 is 46.1 Å². The topological polar surface area (TPSA) is 52.7 Å². The van der Waals surface area contributed by atoms with Crippen molar-refractivity contribution < 1.29 is 9.59 Å². The standard InChI is InChI=1S/C25H22ClN3O2/c1-16-5-4-6-19(15-16)27-23-22(17-7-9-18(26)10-8-17)24(30)29(25(23)31)21-13-11-20(12-14-21)28(2)3/h4-15,27H,1-3H3. The Labute approximate surface area is 186 Å². The number of carbonyl (C=O) groups is 2. The molecule has 1 aliphatic rings. The number of rotatable bonds is 5. The summed E-state index contributed by atoms with van der Waals surface area (Å²) in [5.41, 5.74) is 4.48. The summed E-state index contributed by atoms with van der Waals surface area (Å²) in [4.78, 5) is 30.0. The minimum atomic E-state index is -0.394. The normalized spacial score (nSPS) is 13.7. The zero-order valence-electron chi connectivity index (χ0n) is 17.5. The zero-order valence-corrected chi connectivity index (χ0v) is 18.3. The van der Waals surface area contributed by atoms with Crippen LogP contribution in [0.1, 0.15) is 11.1 Å². The van der Waals surface area contributed by atoms with Gasteiger partial charge in [0.15, 0.2) is 0 Å². The lowest BCUT2D eigenvalue weighted by Gasteiger charge is -2.18. The van der Waals surface area contributed by atoms with Crippen molar-refractivity contribution in [3.8, 4) is 0 Å². The molecule has 3 aromatic rings. The van der Waals surface area contributed by atoms with E-state index in [-0.39, 0.29) is 11.6 Å². The third-order valence-corrected chi connectivity index (χ3v) is 5.38. The number of carbonyl (C=O) groups excluding carboxylic acids is 2. The van der Waals surface area contributed by atoms with E-state index in [1.807, 2.05) is 62.3 Å². The van der Waals surface area contributed by atoms with Crippen LogP contribution in [0.25, 0.3) is 5.57 Å². The predicted octanol–water partition coefficient (Wildman–Crippen LogP) is 5.11. The van der Waals surface area contributed by atoms with E-state index in [9.17, 15) is 9.59 Å². The van der Waals surface area contributed by atoms with Crippen molar-refractivity contribution in [3.63, 3.8) is 0 Å². The molecular formula is C25H22ClN3O2. The van der Waals surface area contributed by atoms with Gasteiger partial charge in [-0.1, -0.05) is 35.9 Å². The highest BCUT2D eigenvalue weighted by Gasteiger charge is 2.40. The molecule has 0 spiro atoms. The van der Waals surface area contributed by atoms with Crippen molar-refractivity contribution in [1.82, 2.24) is 0 Å². The molecule has 1 aliphatic heterocycles. The average Bonchev–Trinajstić information content (AvgIpc) is 2.98. The Hall–Kier alpha value is -3.57. The molecule has 0 saturated carbocycles. The second-order valence-corrected chi connectivity index (χ2v) is 8.04. The van der Waals surface area contributed by atoms with Gasteiger partial charge in [0, 0.05) is 30.5 Å². The number of aryl methyl sites for hydroxylation is 1. The average molecular weight is 432 g/mol. The summed E-state index contributed by atoms with van der Waals surface area (Å²) in [6, 6.07) is 21.9. The Bertz CT molecular complexity index is 1180. The third kappa shape index (κ3) is 4.05. The van der Waals surface area contributed by atoms with Gasteiger partial charge in [0.1, 0.15) is 5.70 Å². The number of hydrogen-bond acceptors (Lipinski definition) is 4. The highest BCUT2D eigenvalue weighted by atomic mass is 35.5. The lowest BCUT2D eigenvalue weighted by Crippen LogP contribution is -2.32. The Balaban J connectivity index is 1.78. The highest BCUT2D eigenvalue weighted by molar-refractivity contribution is 6.46. The SMILES string of the molecule is Cc1cccc(NC2=C(c3ccc(Cl)cc3)C(=O)N(c3ccc(N(C)C)cc3)C2=O)c1. The van der Waals surface area contributed by atoms with Gasteiger partial charge in [-0.15, -0.1) is 0 Å². The number of anilines is 3. The van der Waals surface area contributed by atoms with Gasteiger partial charge in [0.05, 0.1) is 11.3 Å². The first-order valence-corrected chi connectivity index (χ1v) is 10.2. The van der Waals surface area contributed by atoms with Crippen molar-refractivity contribution in [1.29, 1.82) is 0 Å². The predicted molar refractivity (Wildman–Crippen MR) is 126 cm³/mol. The quantitative estimate of drug-likeness (QED) is 0.570. The van der Waals surface area contributed by atoms with E-state index in [4.69, 9.17) is 11.6 Å². The second kappa shape index (κ2) is 8.28. The molecule has 0 aliphatic carbocycles. The third-order valence-electron chi connectivity index (χ3n) is 5.13. The van der Waals surface area contributed by atoms with E-state index in [0.29, 0.717) is 21.8 Å². The van der Waals surface area contributed by atoms with Crippen LogP contribution in [0.5, 0.6) is 0 Å². The van der Waals surface area contributed by atoms with E-state index in [2.05, 4.69) is 5.32 Å². The number of amides is 2. The molecule has 1 N–H and O–H groups in total. The Morgan fingerprint density at radius 1 is 0.871 bits per heavy atom. The molecule has 1 heterocycles. The summed E-state index contributed by atoms with van der Waals surface area (Å²) in [6.45, 7) is 1.97. The lowest BCUT2D eigenvalue weighted by molar-refractivity contribution is -0.120. The molecule has 31 heavy (non-hydrogen) atoms. The Morgan fingerprint density at radius 2 is 1.55 bits per heavy atom. The molecule has 0 fully saturated rings. The summed E-state index contributed by atoms with van der Waals surface area (Å²) in [5, 5.41) is 3.74. The summed E-state index contributed by atoms with van der Waals surface area (Å²) in [5.74, 6) is -0.769. The highest BCUT2D eigenvalue weighted by Crippen LogP contribution is 2.34. The molecule has 156 valence electrons. The van der Waals surface area contributed by atoms with E-state index in [0.717, 1.165) is 16.9 Å². The summed E-state index contributed by atoms with van der Waals surface area (Å²) < 4.78 is 0. The van der Waals surface area contributed by atoms with Crippen molar-refractivity contribution in [2.24, 2.45) is 0 Å². The number of benzene rings is 3. The second-order valence-electron chi connectivity index (χ2n) is 7.61. The molecule has 6 heteroatoms. The van der Waals surface area contributed by atoms with Gasteiger partial charge in [0.25, 0.3) is 11.8 Å². The largest absolute Gasteiger partial charge is 0.378 e. The van der Waals surface area contributed by atoms with E-state index in [1.165, 1.54) is 4.90 Å². The fraction of sp³-hybridized carbons (Fsp3) is 0.120. The van der Waals surface area contributed by atoms with Crippen LogP contribution >= 0.6 is 11.6 Å². The van der Waals surface area contributed by atoms with Crippen LogP contribution < -0.4 is 15.1 Å². The van der Waals surface area contributed by atoms with E-state index in [1.54, 1.807) is 36.4 Å². The monoisotopic (exact) mass is 431 g/mol. The molecule has 0 unspecified atom stereocenters. The van der Waals surface area contributed by atoms with Crippen molar-refractivity contribution in [3.05, 3.63) is 94.6 Å². The fourth-order valence-corrected chi connectivity index (χ4v) is 3.66. The summed E-state index contributed by atoms with van der Waals surface area (Å²) >= 11 is 6.03. The summed E-state index contributed by atoms with van der Waals surface area (Å²) in [6.07, 6.45) is 0. The number of hydrogen-bond donors (Lipinski definition) is 1. The molecule has 3 aromatic carbocycles. The maximum absolute atomic E-state index is 13.5. The molecule has 0 radical (unpaired) electrons. The first-order valence-electron chi connectivity index (χ1n) is 9.85. The van der Waals surface area contributed by atoms with E-state index >= 15 is 0 Å². The molecular weight excluding hydrogens is 410 g/mol. The first kappa shape index (κ1) is 20.7. The van der Waals surface area contributed by atoms with Crippen LogP contribution in [-0.2, 0) is 9.59 Å².